The largest absolute Gasteiger partial charge is 0.456 e. The van der Waals surface area contributed by atoms with E-state index in [4.69, 9.17) is 13.3 Å². The van der Waals surface area contributed by atoms with Crippen molar-refractivity contribution in [3.63, 3.8) is 0 Å². The number of hydrogen-bond acceptors (Lipinski definition) is 5. The second-order valence-corrected chi connectivity index (χ2v) is 29.3. The highest BCUT2D eigenvalue weighted by atomic mass is 16.3. The fraction of sp³-hybridized carbons (Fsp3) is 0.174. The predicted molar refractivity (Wildman–Crippen MR) is 374 cm³/mol. The molecule has 0 unspecified atom stereocenters. The Balaban J connectivity index is 0.807. The van der Waals surface area contributed by atoms with E-state index in [-0.39, 0.29) is 21.7 Å². The molecule has 0 aliphatic heterocycles. The molecular formula is C86H64N2O3. The minimum Gasteiger partial charge on any atom is -0.456 e. The van der Waals surface area contributed by atoms with Crippen molar-refractivity contribution >= 4 is 82.9 Å². The first-order chi connectivity index (χ1) is 43.9. The number of furan rings is 3. The zero-order valence-corrected chi connectivity index (χ0v) is 52.7. The molecule has 4 heterocycles. The standard InChI is InChI=1S/C86H64N2O3/c1-82(2)60-33-34-70-73(53-20-12-16-24-67(53)89-70)72(60)58-44-64-57(43-65(58)82)49-30-27-46(39-61(49)83(64,3)4)88(47-28-31-51-62(40-47)84(5,6)66-42-56(45-35-37-87-38-36-45)80-75(71(51)66)54-21-13-17-25-68(54)90-80)48-29-32-52-63(41-48)86(9,10)78-74(52)76-55-22-14-18-26-69(55)91-81(76)77-50-19-11-15-23-59(50)85(7,8)79(77)78/h11-44H,1-10H3. The molecule has 11 aromatic carbocycles. The van der Waals surface area contributed by atoms with Crippen LogP contribution < -0.4 is 4.90 Å². The van der Waals surface area contributed by atoms with Gasteiger partial charge in [0.2, 0.25) is 0 Å². The number of nitrogens with zero attached hydrogens (tertiary/aromatic N) is 2. The molecule has 436 valence electrons. The van der Waals surface area contributed by atoms with Gasteiger partial charge in [0.25, 0.3) is 0 Å². The highest BCUT2D eigenvalue weighted by Crippen LogP contribution is 2.65. The summed E-state index contributed by atoms with van der Waals surface area (Å²) in [6, 6.07) is 73.0. The first-order valence-corrected chi connectivity index (χ1v) is 32.3. The summed E-state index contributed by atoms with van der Waals surface area (Å²) in [4.78, 5) is 6.99. The molecular weight excluding hydrogens is 1110 g/mol. The molecule has 0 radical (unpaired) electrons. The van der Waals surface area contributed by atoms with E-state index in [2.05, 4.69) is 273 Å². The Morgan fingerprint density at radius 2 is 0.736 bits per heavy atom. The summed E-state index contributed by atoms with van der Waals surface area (Å²) >= 11 is 0. The van der Waals surface area contributed by atoms with Gasteiger partial charge in [0.05, 0.1) is 0 Å². The van der Waals surface area contributed by atoms with Crippen LogP contribution in [0.1, 0.15) is 125 Å². The second kappa shape index (κ2) is 16.8. The van der Waals surface area contributed by atoms with Crippen molar-refractivity contribution in [2.24, 2.45) is 0 Å². The number of benzene rings is 11. The van der Waals surface area contributed by atoms with Gasteiger partial charge in [0, 0.05) is 100.0 Å². The van der Waals surface area contributed by atoms with Crippen molar-refractivity contribution in [3.05, 3.63) is 262 Å². The summed E-state index contributed by atoms with van der Waals surface area (Å²) < 4.78 is 20.6. The summed E-state index contributed by atoms with van der Waals surface area (Å²) in [5.41, 5.74) is 35.7. The number of rotatable bonds is 4. The maximum Gasteiger partial charge on any atom is 0.144 e. The lowest BCUT2D eigenvalue weighted by Gasteiger charge is -2.32. The van der Waals surface area contributed by atoms with Gasteiger partial charge in [-0.15, -0.1) is 0 Å². The van der Waals surface area contributed by atoms with Crippen molar-refractivity contribution in [3.8, 4) is 66.8 Å². The number of aromatic nitrogens is 1. The fourth-order valence-electron chi connectivity index (χ4n) is 18.5. The fourth-order valence-corrected chi connectivity index (χ4v) is 18.5. The van der Waals surface area contributed by atoms with Gasteiger partial charge in [-0.2, -0.15) is 0 Å². The number of anilines is 3. The van der Waals surface area contributed by atoms with Crippen LogP contribution in [0.4, 0.5) is 17.1 Å². The SMILES string of the molecule is CC1(C)c2cc(N(c3ccc4c(c3)C(C)(C)c3cc(-c5ccncc5)c5oc6ccccc6c5c3-4)c3ccc4c(c3)C(C)(C)c3c5c(c6oc7ccccc7c6c3-4)-c3ccccc3C5(C)C)ccc2-c2cc3c(cc21)-c1c(ccc2oc4ccccc4c12)C3(C)C. The maximum absolute atomic E-state index is 7.11. The van der Waals surface area contributed by atoms with Crippen LogP contribution in [-0.2, 0) is 27.1 Å². The van der Waals surface area contributed by atoms with Gasteiger partial charge in [-0.05, 0) is 202 Å². The van der Waals surface area contributed by atoms with E-state index < -0.39 is 5.41 Å². The van der Waals surface area contributed by atoms with Crippen molar-refractivity contribution in [2.75, 3.05) is 4.90 Å². The smallest absolute Gasteiger partial charge is 0.144 e. The van der Waals surface area contributed by atoms with Crippen LogP contribution in [0.5, 0.6) is 0 Å². The number of hydrogen-bond donors (Lipinski definition) is 0. The van der Waals surface area contributed by atoms with Gasteiger partial charge >= 0.3 is 0 Å². The van der Waals surface area contributed by atoms with Gasteiger partial charge in [-0.3, -0.25) is 4.98 Å². The minimum absolute atomic E-state index is 0.217. The van der Waals surface area contributed by atoms with Crippen molar-refractivity contribution in [1.82, 2.24) is 4.98 Å². The first kappa shape index (κ1) is 51.6. The molecule has 15 aromatic rings. The van der Waals surface area contributed by atoms with E-state index in [1.54, 1.807) is 0 Å². The Kier molecular flexibility index (Phi) is 9.52. The average molecular weight is 1170 g/mol. The maximum atomic E-state index is 7.11. The third kappa shape index (κ3) is 6.25. The lowest BCUT2D eigenvalue weighted by atomic mass is 9.72. The zero-order valence-electron chi connectivity index (χ0n) is 52.7. The van der Waals surface area contributed by atoms with Crippen LogP contribution in [0.3, 0.4) is 0 Å². The van der Waals surface area contributed by atoms with Crippen LogP contribution in [0.15, 0.2) is 220 Å². The van der Waals surface area contributed by atoms with Crippen LogP contribution in [0.2, 0.25) is 0 Å². The normalized spacial score (nSPS) is 16.5. The molecule has 0 spiro atoms. The van der Waals surface area contributed by atoms with Crippen LogP contribution in [0, 0.1) is 0 Å². The molecule has 5 heteroatoms. The van der Waals surface area contributed by atoms with E-state index in [9.17, 15) is 0 Å². The Hall–Kier alpha value is -10.2. The molecule has 5 aliphatic rings. The zero-order chi connectivity index (χ0) is 61.3. The van der Waals surface area contributed by atoms with E-state index >= 15 is 0 Å². The lowest BCUT2D eigenvalue weighted by molar-refractivity contribution is 0.600. The molecule has 5 aliphatic carbocycles. The Bertz CT molecular complexity index is 5870. The molecule has 5 nitrogen and oxygen atoms in total. The molecule has 20 rings (SSSR count). The molecule has 0 saturated carbocycles. The van der Waals surface area contributed by atoms with Crippen LogP contribution >= 0.6 is 0 Å². The molecule has 0 atom stereocenters. The monoisotopic (exact) mass is 1170 g/mol. The molecule has 91 heavy (non-hydrogen) atoms. The highest BCUT2D eigenvalue weighted by Gasteiger charge is 2.50. The molecule has 0 bridgehead atoms. The van der Waals surface area contributed by atoms with E-state index in [1.165, 1.54) is 127 Å². The van der Waals surface area contributed by atoms with Gasteiger partial charge in [0.15, 0.2) is 0 Å². The topological polar surface area (TPSA) is 55.6 Å². The lowest BCUT2D eigenvalue weighted by Crippen LogP contribution is -2.24. The second-order valence-electron chi connectivity index (χ2n) is 29.3. The number of para-hydroxylation sites is 3. The van der Waals surface area contributed by atoms with Gasteiger partial charge in [0.1, 0.15) is 33.5 Å². The van der Waals surface area contributed by atoms with Crippen LogP contribution in [0.25, 0.3) is 133 Å². The predicted octanol–water partition coefficient (Wildman–Crippen LogP) is 23.4. The van der Waals surface area contributed by atoms with E-state index in [1.807, 2.05) is 12.4 Å². The third-order valence-electron chi connectivity index (χ3n) is 22.9. The summed E-state index contributed by atoms with van der Waals surface area (Å²) in [5.74, 6) is 0. The number of fused-ring (bicyclic) bond motifs is 29. The molecule has 0 amide bonds. The van der Waals surface area contributed by atoms with Gasteiger partial charge < -0.3 is 18.2 Å². The van der Waals surface area contributed by atoms with Crippen molar-refractivity contribution in [1.29, 1.82) is 0 Å². The van der Waals surface area contributed by atoms with Crippen LogP contribution in [-0.4, -0.2) is 4.98 Å². The Morgan fingerprint density at radius 3 is 1.42 bits per heavy atom. The molecule has 0 fully saturated rings. The molecule has 0 N–H and O–H groups in total. The van der Waals surface area contributed by atoms with E-state index in [0.29, 0.717) is 0 Å². The summed E-state index contributed by atoms with van der Waals surface area (Å²) in [5, 5.41) is 7.04. The summed E-state index contributed by atoms with van der Waals surface area (Å²) in [6.45, 7) is 24.3. The Labute approximate surface area is 528 Å². The van der Waals surface area contributed by atoms with E-state index in [0.717, 1.165) is 77.8 Å². The van der Waals surface area contributed by atoms with Gasteiger partial charge in [-0.1, -0.05) is 172 Å². The Morgan fingerprint density at radius 1 is 0.286 bits per heavy atom. The third-order valence-corrected chi connectivity index (χ3v) is 22.9. The quantitative estimate of drug-likeness (QED) is 0.176. The minimum atomic E-state index is -0.391. The molecule has 0 saturated heterocycles. The van der Waals surface area contributed by atoms with Gasteiger partial charge in [-0.25, -0.2) is 0 Å². The number of pyridine rings is 1. The first-order valence-electron chi connectivity index (χ1n) is 32.3. The highest BCUT2D eigenvalue weighted by molar-refractivity contribution is 6.22. The molecule has 4 aromatic heterocycles. The van der Waals surface area contributed by atoms with Crippen molar-refractivity contribution < 1.29 is 13.3 Å². The van der Waals surface area contributed by atoms with Crippen molar-refractivity contribution in [2.45, 2.75) is 96.3 Å². The summed E-state index contributed by atoms with van der Waals surface area (Å²) in [6.07, 6.45) is 3.77. The summed E-state index contributed by atoms with van der Waals surface area (Å²) in [7, 11) is 0. The average Bonchev–Trinajstić information content (AvgIpc) is 1.51.